The van der Waals surface area contributed by atoms with Crippen LogP contribution in [-0.4, -0.2) is 47.7 Å². The molecular weight excluding hydrogens is 302 g/mol. The number of ether oxygens (including phenoxy) is 2. The molecule has 23 heavy (non-hydrogen) atoms. The minimum atomic E-state index is -1.12. The Morgan fingerprint density at radius 1 is 1.13 bits per heavy atom. The molecule has 1 saturated heterocycles. The second-order valence-electron chi connectivity index (χ2n) is 5.25. The van der Waals surface area contributed by atoms with Gasteiger partial charge in [-0.15, -0.1) is 0 Å². The van der Waals surface area contributed by atoms with Gasteiger partial charge in [0.2, 0.25) is 0 Å². The lowest BCUT2D eigenvalue weighted by Crippen LogP contribution is -2.30. The Hall–Kier alpha value is -2.57. The fourth-order valence-electron chi connectivity index (χ4n) is 2.50. The fourth-order valence-corrected chi connectivity index (χ4v) is 2.50. The number of carboxylic acids is 1. The highest BCUT2D eigenvalue weighted by Gasteiger charge is 2.45. The second-order valence-corrected chi connectivity index (χ2v) is 5.25. The van der Waals surface area contributed by atoms with Crippen LogP contribution in [-0.2, 0) is 25.7 Å². The first kappa shape index (κ1) is 16.8. The molecule has 0 aromatic heterocycles. The van der Waals surface area contributed by atoms with Gasteiger partial charge >= 0.3 is 18.0 Å². The van der Waals surface area contributed by atoms with Gasteiger partial charge in [-0.3, -0.25) is 9.59 Å². The third-order valence-electron chi connectivity index (χ3n) is 3.69. The van der Waals surface area contributed by atoms with E-state index in [-0.39, 0.29) is 26.3 Å². The van der Waals surface area contributed by atoms with Gasteiger partial charge in [-0.25, -0.2) is 4.79 Å². The van der Waals surface area contributed by atoms with Crippen LogP contribution in [0, 0.1) is 11.8 Å². The number of benzene rings is 1. The van der Waals surface area contributed by atoms with Crippen LogP contribution < -0.4 is 0 Å². The zero-order chi connectivity index (χ0) is 16.8. The van der Waals surface area contributed by atoms with Crippen molar-refractivity contribution in [3.8, 4) is 0 Å². The zero-order valence-electron chi connectivity index (χ0n) is 12.8. The number of hydrogen-bond acceptors (Lipinski definition) is 5. The predicted molar refractivity (Wildman–Crippen MR) is 79.4 cm³/mol. The Morgan fingerprint density at radius 2 is 1.78 bits per heavy atom. The van der Waals surface area contributed by atoms with Crippen LogP contribution in [0.4, 0.5) is 4.79 Å². The van der Waals surface area contributed by atoms with E-state index in [1.165, 1.54) is 4.90 Å². The Bertz CT molecular complexity index is 573. The summed E-state index contributed by atoms with van der Waals surface area (Å²) in [6, 6.07) is 9.15. The summed E-state index contributed by atoms with van der Waals surface area (Å²) in [5.74, 6) is -3.56. The van der Waals surface area contributed by atoms with E-state index >= 15 is 0 Å². The van der Waals surface area contributed by atoms with E-state index in [0.717, 1.165) is 5.56 Å². The molecule has 124 valence electrons. The van der Waals surface area contributed by atoms with Gasteiger partial charge in [-0.05, 0) is 12.5 Å². The van der Waals surface area contributed by atoms with E-state index in [9.17, 15) is 19.5 Å². The molecule has 1 aromatic rings. The van der Waals surface area contributed by atoms with Gasteiger partial charge in [0.15, 0.2) is 0 Å². The standard InChI is InChI=1S/C16H19NO6/c1-2-22-15(20)13-9-17(8-12(13)14(18)19)16(21)23-10-11-6-4-3-5-7-11/h3-7,12-13H,2,8-10H2,1H3,(H,18,19)/t12-,13-/m1/s1. The number of carbonyl (C=O) groups is 3. The van der Waals surface area contributed by atoms with E-state index in [4.69, 9.17) is 9.47 Å². The smallest absolute Gasteiger partial charge is 0.410 e. The molecule has 2 atom stereocenters. The Labute approximate surface area is 133 Å². The van der Waals surface area contributed by atoms with Crippen LogP contribution in [0.25, 0.3) is 0 Å². The molecule has 0 radical (unpaired) electrons. The average Bonchev–Trinajstić information content (AvgIpc) is 2.99. The number of aliphatic carboxylic acids is 1. The van der Waals surface area contributed by atoms with Crippen molar-refractivity contribution in [2.24, 2.45) is 11.8 Å². The maximum atomic E-state index is 12.1. The fraction of sp³-hybridized carbons (Fsp3) is 0.438. The number of likely N-dealkylation sites (tertiary alicyclic amines) is 1. The van der Waals surface area contributed by atoms with Crippen molar-refractivity contribution in [1.29, 1.82) is 0 Å². The predicted octanol–water partition coefficient (Wildman–Crippen LogP) is 1.52. The van der Waals surface area contributed by atoms with Crippen molar-refractivity contribution in [1.82, 2.24) is 4.90 Å². The summed E-state index contributed by atoms with van der Waals surface area (Å²) in [6.45, 7) is 1.84. The van der Waals surface area contributed by atoms with Crippen LogP contribution >= 0.6 is 0 Å². The number of carboxylic acid groups (broad SMARTS) is 1. The maximum Gasteiger partial charge on any atom is 0.410 e. The molecule has 1 amide bonds. The third-order valence-corrected chi connectivity index (χ3v) is 3.69. The minimum Gasteiger partial charge on any atom is -0.481 e. The van der Waals surface area contributed by atoms with E-state index in [1.54, 1.807) is 6.92 Å². The molecule has 0 saturated carbocycles. The molecule has 1 aromatic carbocycles. The lowest BCUT2D eigenvalue weighted by atomic mass is 9.96. The maximum absolute atomic E-state index is 12.1. The molecule has 1 aliphatic heterocycles. The van der Waals surface area contributed by atoms with Crippen LogP contribution in [0.1, 0.15) is 12.5 Å². The van der Waals surface area contributed by atoms with Crippen molar-refractivity contribution in [2.75, 3.05) is 19.7 Å². The van der Waals surface area contributed by atoms with E-state index in [2.05, 4.69) is 0 Å². The highest BCUT2D eigenvalue weighted by molar-refractivity contribution is 5.84. The molecule has 1 aliphatic rings. The van der Waals surface area contributed by atoms with Gasteiger partial charge < -0.3 is 19.5 Å². The molecule has 1 fully saturated rings. The van der Waals surface area contributed by atoms with Crippen LogP contribution in [0.15, 0.2) is 30.3 Å². The van der Waals surface area contributed by atoms with E-state index in [0.29, 0.717) is 0 Å². The minimum absolute atomic E-state index is 0.0105. The first-order chi connectivity index (χ1) is 11.0. The zero-order valence-corrected chi connectivity index (χ0v) is 12.8. The van der Waals surface area contributed by atoms with Crippen LogP contribution in [0.3, 0.4) is 0 Å². The molecule has 2 rings (SSSR count). The van der Waals surface area contributed by atoms with Crippen molar-refractivity contribution in [3.63, 3.8) is 0 Å². The Balaban J connectivity index is 1.96. The topological polar surface area (TPSA) is 93.1 Å². The van der Waals surface area contributed by atoms with Crippen molar-refractivity contribution in [2.45, 2.75) is 13.5 Å². The number of carbonyl (C=O) groups excluding carboxylic acids is 2. The monoisotopic (exact) mass is 321 g/mol. The number of nitrogens with zero attached hydrogens (tertiary/aromatic N) is 1. The highest BCUT2D eigenvalue weighted by atomic mass is 16.6. The van der Waals surface area contributed by atoms with E-state index in [1.807, 2.05) is 30.3 Å². The van der Waals surface area contributed by atoms with Crippen molar-refractivity contribution >= 4 is 18.0 Å². The number of hydrogen-bond donors (Lipinski definition) is 1. The number of rotatable bonds is 5. The second kappa shape index (κ2) is 7.62. The number of amides is 1. The summed E-state index contributed by atoms with van der Waals surface area (Å²) in [5, 5.41) is 9.22. The first-order valence-corrected chi connectivity index (χ1v) is 7.38. The third kappa shape index (κ3) is 4.21. The molecular formula is C16H19NO6. The van der Waals surface area contributed by atoms with Gasteiger partial charge in [-0.2, -0.15) is 0 Å². The Morgan fingerprint density at radius 3 is 2.39 bits per heavy atom. The number of esters is 1. The Kier molecular flexibility index (Phi) is 5.56. The summed E-state index contributed by atoms with van der Waals surface area (Å²) >= 11 is 0. The summed E-state index contributed by atoms with van der Waals surface area (Å²) in [7, 11) is 0. The first-order valence-electron chi connectivity index (χ1n) is 7.38. The largest absolute Gasteiger partial charge is 0.481 e. The normalized spacial score (nSPS) is 20.1. The molecule has 0 bridgehead atoms. The quantitative estimate of drug-likeness (QED) is 0.827. The van der Waals surface area contributed by atoms with Gasteiger partial charge in [0.05, 0.1) is 18.4 Å². The molecule has 1 N–H and O–H groups in total. The van der Waals surface area contributed by atoms with Gasteiger partial charge in [-0.1, -0.05) is 30.3 Å². The van der Waals surface area contributed by atoms with Gasteiger partial charge in [0.1, 0.15) is 6.61 Å². The van der Waals surface area contributed by atoms with Crippen molar-refractivity contribution < 1.29 is 29.0 Å². The molecule has 7 heteroatoms. The molecule has 0 unspecified atom stereocenters. The van der Waals surface area contributed by atoms with Gasteiger partial charge in [0.25, 0.3) is 0 Å². The highest BCUT2D eigenvalue weighted by Crippen LogP contribution is 2.26. The lowest BCUT2D eigenvalue weighted by molar-refractivity contribution is -0.155. The van der Waals surface area contributed by atoms with Gasteiger partial charge in [0, 0.05) is 13.1 Å². The molecule has 1 heterocycles. The van der Waals surface area contributed by atoms with Crippen molar-refractivity contribution in [3.05, 3.63) is 35.9 Å². The van der Waals surface area contributed by atoms with Crippen LogP contribution in [0.5, 0.6) is 0 Å². The summed E-state index contributed by atoms with van der Waals surface area (Å²) < 4.78 is 10.1. The summed E-state index contributed by atoms with van der Waals surface area (Å²) in [4.78, 5) is 36.4. The molecule has 0 aliphatic carbocycles. The molecule has 7 nitrogen and oxygen atoms in total. The summed E-state index contributed by atoms with van der Waals surface area (Å²) in [5.41, 5.74) is 0.830. The lowest BCUT2D eigenvalue weighted by Gasteiger charge is -2.15. The average molecular weight is 321 g/mol. The SMILES string of the molecule is CCOC(=O)[C@@H]1CN(C(=O)OCc2ccccc2)C[C@H]1C(=O)O. The molecule has 0 spiro atoms. The summed E-state index contributed by atoms with van der Waals surface area (Å²) in [6.07, 6.45) is -0.632. The van der Waals surface area contributed by atoms with E-state index < -0.39 is 29.9 Å². The van der Waals surface area contributed by atoms with Crippen LogP contribution in [0.2, 0.25) is 0 Å².